The van der Waals surface area contributed by atoms with Crippen LogP contribution in [0.1, 0.15) is 141 Å². The average Bonchev–Trinajstić information content (AvgIpc) is 3.06. The normalized spacial score (nSPS) is 35.1. The minimum absolute atomic E-state index is 0.232. The fraction of sp³-hybridized carbons (Fsp3) is 1.00. The van der Waals surface area contributed by atoms with Crippen LogP contribution >= 0.6 is 0 Å². The second-order valence-corrected chi connectivity index (χ2v) is 14.8. The first-order valence-electron chi connectivity index (χ1n) is 15.8. The largest absolute Gasteiger partial charge is 0.299 e. The van der Waals surface area contributed by atoms with Gasteiger partial charge in [0.25, 0.3) is 0 Å². The predicted octanol–water partition coefficient (Wildman–Crippen LogP) is 9.39. The summed E-state index contributed by atoms with van der Waals surface area (Å²) in [6.07, 6.45) is 12.9. The molecule has 0 radical (unpaired) electrons. The highest BCUT2D eigenvalue weighted by Gasteiger charge is 2.57. The summed E-state index contributed by atoms with van der Waals surface area (Å²) in [6, 6.07) is 0.513. The molecule has 2 heteroatoms. The monoisotopic (exact) mass is 491 g/mol. The van der Waals surface area contributed by atoms with Gasteiger partial charge in [0, 0.05) is 18.1 Å². The molecule has 1 N–H and O–H groups in total. The van der Waals surface area contributed by atoms with Crippen molar-refractivity contribution in [3.05, 3.63) is 0 Å². The maximum atomic E-state index is 4.14. The fourth-order valence-electron chi connectivity index (χ4n) is 8.15. The summed E-state index contributed by atoms with van der Waals surface area (Å²) in [6.45, 7) is 31.2. The van der Waals surface area contributed by atoms with Crippen LogP contribution in [0.2, 0.25) is 0 Å². The van der Waals surface area contributed by atoms with Gasteiger partial charge in [-0.25, -0.2) is 0 Å². The molecule has 35 heavy (non-hydrogen) atoms. The van der Waals surface area contributed by atoms with E-state index in [1.54, 1.807) is 0 Å². The minimum atomic E-state index is 0.232. The van der Waals surface area contributed by atoms with Crippen LogP contribution in [0.4, 0.5) is 0 Å². The Morgan fingerprint density at radius 2 is 1.57 bits per heavy atom. The highest BCUT2D eigenvalue weighted by molar-refractivity contribution is 5.08. The van der Waals surface area contributed by atoms with Crippen LogP contribution in [-0.2, 0) is 0 Å². The molecule has 1 aliphatic carbocycles. The third kappa shape index (κ3) is 7.49. The highest BCUT2D eigenvalue weighted by atomic mass is 15.3. The summed E-state index contributed by atoms with van der Waals surface area (Å²) in [4.78, 5) is 3.00. The molecule has 1 saturated heterocycles. The zero-order chi connectivity index (χ0) is 26.6. The van der Waals surface area contributed by atoms with Gasteiger partial charge in [-0.3, -0.25) is 10.2 Å². The first kappa shape index (κ1) is 31.1. The minimum Gasteiger partial charge on any atom is -0.299 e. The summed E-state index contributed by atoms with van der Waals surface area (Å²) in [7, 11) is 0. The molecule has 1 aliphatic heterocycles. The molecule has 0 aromatic carbocycles. The molecular weight excluding hydrogens is 424 g/mol. The number of hydrogen-bond donors (Lipinski definition) is 1. The van der Waals surface area contributed by atoms with Gasteiger partial charge in [-0.05, 0) is 100 Å². The van der Waals surface area contributed by atoms with Crippen LogP contribution in [0.15, 0.2) is 0 Å². The van der Waals surface area contributed by atoms with Crippen molar-refractivity contribution >= 4 is 0 Å². The molecule has 8 atom stereocenters. The smallest absolute Gasteiger partial charge is 0.0635 e. The lowest BCUT2D eigenvalue weighted by atomic mass is 9.58. The van der Waals surface area contributed by atoms with Gasteiger partial charge < -0.3 is 0 Å². The number of hydrogen-bond acceptors (Lipinski definition) is 2. The average molecular weight is 491 g/mol. The van der Waals surface area contributed by atoms with E-state index in [4.69, 9.17) is 0 Å². The zero-order valence-corrected chi connectivity index (χ0v) is 26.2. The summed E-state index contributed by atoms with van der Waals surface area (Å²) >= 11 is 0. The van der Waals surface area contributed by atoms with Crippen molar-refractivity contribution in [3.8, 4) is 0 Å². The van der Waals surface area contributed by atoms with Gasteiger partial charge >= 0.3 is 0 Å². The molecule has 1 saturated carbocycles. The van der Waals surface area contributed by atoms with Gasteiger partial charge in [0.15, 0.2) is 0 Å². The summed E-state index contributed by atoms with van der Waals surface area (Å²) in [5.74, 6) is 5.62. The molecule has 2 rings (SSSR count). The van der Waals surface area contributed by atoms with E-state index in [1.807, 2.05) is 0 Å². The van der Waals surface area contributed by atoms with Crippen LogP contribution in [-0.4, -0.2) is 29.2 Å². The molecule has 2 aliphatic rings. The Balaban J connectivity index is 2.52. The van der Waals surface area contributed by atoms with Crippen LogP contribution in [0.3, 0.4) is 0 Å². The Morgan fingerprint density at radius 1 is 0.914 bits per heavy atom. The van der Waals surface area contributed by atoms with Gasteiger partial charge in [-0.2, -0.15) is 0 Å². The molecule has 7 unspecified atom stereocenters. The Labute approximate surface area is 222 Å². The van der Waals surface area contributed by atoms with Gasteiger partial charge in [0.2, 0.25) is 0 Å². The molecular formula is C33H66N2. The predicted molar refractivity (Wildman–Crippen MR) is 157 cm³/mol. The number of likely N-dealkylation sites (tertiary alicyclic amines) is 1. The third-order valence-corrected chi connectivity index (χ3v) is 10.8. The molecule has 0 aromatic heterocycles. The maximum Gasteiger partial charge on any atom is 0.0635 e. The summed E-state index contributed by atoms with van der Waals surface area (Å²) < 4.78 is 0. The Hall–Kier alpha value is -0.0800. The van der Waals surface area contributed by atoms with E-state index in [0.29, 0.717) is 29.5 Å². The van der Waals surface area contributed by atoms with E-state index < -0.39 is 0 Å². The summed E-state index contributed by atoms with van der Waals surface area (Å²) in [5, 5.41) is 4.14. The van der Waals surface area contributed by atoms with E-state index in [-0.39, 0.29) is 5.54 Å². The summed E-state index contributed by atoms with van der Waals surface area (Å²) in [5.41, 5.74) is 0.664. The first-order chi connectivity index (χ1) is 16.3. The lowest BCUT2D eigenvalue weighted by Crippen LogP contribution is -2.58. The van der Waals surface area contributed by atoms with Crippen molar-refractivity contribution in [3.63, 3.8) is 0 Å². The SMILES string of the molecule is CCCCC(C(C)C)C(NC(C)C)N1CC(C2CC(C)CCC(C)C(C)C2)([C@@H](C)CC)CC1(C)C. The maximum absolute atomic E-state index is 4.14. The van der Waals surface area contributed by atoms with Crippen molar-refractivity contribution in [2.45, 2.75) is 159 Å². The van der Waals surface area contributed by atoms with E-state index in [2.05, 4.69) is 93.3 Å². The standard InChI is InChI=1S/C33H66N2/c1-13-15-16-30(23(3)4)31(34-24(5)6)35-22-33(28(10)14-2,21-32(35,11)12)29-19-25(7)17-18-26(8)27(9)20-29/h23-31,34H,13-22H2,1-12H3/t25?,26?,27?,28-,29?,30?,31?,33?/m0/s1. The molecule has 0 amide bonds. The van der Waals surface area contributed by atoms with Crippen molar-refractivity contribution in [1.82, 2.24) is 10.2 Å². The lowest BCUT2D eigenvalue weighted by Gasteiger charge is -2.47. The zero-order valence-electron chi connectivity index (χ0n) is 26.2. The van der Waals surface area contributed by atoms with E-state index in [9.17, 15) is 0 Å². The highest BCUT2D eigenvalue weighted by Crippen LogP contribution is 2.57. The molecule has 2 nitrogen and oxygen atoms in total. The number of nitrogens with zero attached hydrogens (tertiary/aromatic N) is 1. The third-order valence-electron chi connectivity index (χ3n) is 10.8. The van der Waals surface area contributed by atoms with Crippen molar-refractivity contribution in [2.75, 3.05) is 6.54 Å². The van der Waals surface area contributed by atoms with Crippen LogP contribution in [0.25, 0.3) is 0 Å². The Bertz CT molecular complexity index is 610. The molecule has 0 aromatic rings. The number of unbranched alkanes of at least 4 members (excludes halogenated alkanes) is 1. The topological polar surface area (TPSA) is 15.3 Å². The Morgan fingerprint density at radius 3 is 2.11 bits per heavy atom. The van der Waals surface area contributed by atoms with Crippen molar-refractivity contribution in [2.24, 2.45) is 46.8 Å². The second-order valence-electron chi connectivity index (χ2n) is 14.8. The van der Waals surface area contributed by atoms with Crippen LogP contribution in [0, 0.1) is 46.8 Å². The first-order valence-corrected chi connectivity index (χ1v) is 15.8. The number of rotatable bonds is 11. The van der Waals surface area contributed by atoms with Crippen LogP contribution < -0.4 is 5.32 Å². The Kier molecular flexibility index (Phi) is 11.7. The molecule has 2 fully saturated rings. The second kappa shape index (κ2) is 13.1. The van der Waals surface area contributed by atoms with E-state index in [0.717, 1.165) is 29.6 Å². The lowest BCUT2D eigenvalue weighted by molar-refractivity contribution is 0.00676. The number of nitrogens with one attached hydrogen (secondary N) is 1. The molecule has 0 spiro atoms. The quantitative estimate of drug-likeness (QED) is 0.310. The molecule has 208 valence electrons. The van der Waals surface area contributed by atoms with Crippen LogP contribution in [0.5, 0.6) is 0 Å². The fourth-order valence-corrected chi connectivity index (χ4v) is 8.15. The molecule has 1 heterocycles. The van der Waals surface area contributed by atoms with Gasteiger partial charge in [-0.15, -0.1) is 0 Å². The van der Waals surface area contributed by atoms with Gasteiger partial charge in [-0.1, -0.05) is 87.5 Å². The molecule has 0 bridgehead atoms. The van der Waals surface area contributed by atoms with Crippen molar-refractivity contribution < 1.29 is 0 Å². The van der Waals surface area contributed by atoms with Gasteiger partial charge in [0.05, 0.1) is 6.17 Å². The van der Waals surface area contributed by atoms with Crippen molar-refractivity contribution in [1.29, 1.82) is 0 Å². The van der Waals surface area contributed by atoms with E-state index in [1.165, 1.54) is 64.3 Å². The van der Waals surface area contributed by atoms with Gasteiger partial charge in [0.1, 0.15) is 0 Å². The van der Waals surface area contributed by atoms with E-state index >= 15 is 0 Å².